The van der Waals surface area contributed by atoms with Crippen LogP contribution in [-0.2, 0) is 19.1 Å². The van der Waals surface area contributed by atoms with Crippen LogP contribution in [0.4, 0.5) is 0 Å². The fraction of sp³-hybridized carbons (Fsp3) is 0.824. The van der Waals surface area contributed by atoms with E-state index in [1.807, 2.05) is 13.8 Å². The maximum absolute atomic E-state index is 11.9. The zero-order valence-electron chi connectivity index (χ0n) is 15.1. The van der Waals surface area contributed by atoms with Crippen LogP contribution in [0.1, 0.15) is 53.4 Å². The summed E-state index contributed by atoms with van der Waals surface area (Å²) in [4.78, 5) is 36.3. The molecule has 24 heavy (non-hydrogen) atoms. The molecule has 0 aromatic rings. The van der Waals surface area contributed by atoms with Crippen molar-refractivity contribution in [3.63, 3.8) is 0 Å². The lowest BCUT2D eigenvalue weighted by Crippen LogP contribution is -2.37. The first-order chi connectivity index (χ1) is 11.1. The van der Waals surface area contributed by atoms with E-state index in [0.717, 1.165) is 11.3 Å². The first-order valence-electron chi connectivity index (χ1n) is 8.55. The standard InChI is InChI=1S/C17H30N2O4S/c1-12(2)6-10-23-17(3,4)7-8-18-14(20)5-9-19-15(21)11-13(24)16(19)22/h12-13,24H,5-11H2,1-4H3,(H,18,20). The minimum absolute atomic E-state index is 0.117. The summed E-state index contributed by atoms with van der Waals surface area (Å²) in [6.07, 6.45) is 1.95. The molecule has 0 radical (unpaired) electrons. The van der Waals surface area contributed by atoms with Gasteiger partial charge in [-0.3, -0.25) is 19.3 Å². The van der Waals surface area contributed by atoms with Crippen molar-refractivity contribution in [3.8, 4) is 0 Å². The fourth-order valence-electron chi connectivity index (χ4n) is 2.35. The van der Waals surface area contributed by atoms with Gasteiger partial charge in [0.2, 0.25) is 17.7 Å². The summed E-state index contributed by atoms with van der Waals surface area (Å²) in [5.74, 6) is -0.132. The van der Waals surface area contributed by atoms with Gasteiger partial charge in [-0.15, -0.1) is 0 Å². The summed E-state index contributed by atoms with van der Waals surface area (Å²) in [5, 5.41) is 2.25. The van der Waals surface area contributed by atoms with Crippen molar-refractivity contribution in [2.45, 2.75) is 64.2 Å². The molecule has 1 rings (SSSR count). The second-order valence-corrected chi connectivity index (χ2v) is 7.87. The van der Waals surface area contributed by atoms with Crippen molar-refractivity contribution < 1.29 is 19.1 Å². The molecule has 0 aromatic carbocycles. The molecule has 1 fully saturated rings. The molecule has 1 aliphatic rings. The molecule has 1 heterocycles. The number of nitrogens with one attached hydrogen (secondary N) is 1. The van der Waals surface area contributed by atoms with E-state index < -0.39 is 5.25 Å². The van der Waals surface area contributed by atoms with Crippen LogP contribution in [-0.4, -0.2) is 53.2 Å². The third kappa shape index (κ3) is 7.21. The zero-order valence-corrected chi connectivity index (χ0v) is 16.0. The Hall–Kier alpha value is -1.08. The predicted octanol–water partition coefficient (Wildman–Crippen LogP) is 1.78. The highest BCUT2D eigenvalue weighted by Gasteiger charge is 2.36. The Morgan fingerprint density at radius 3 is 2.62 bits per heavy atom. The van der Waals surface area contributed by atoms with E-state index in [1.165, 1.54) is 0 Å². The maximum Gasteiger partial charge on any atom is 0.242 e. The van der Waals surface area contributed by atoms with Crippen LogP contribution in [0.25, 0.3) is 0 Å². The van der Waals surface area contributed by atoms with E-state index >= 15 is 0 Å². The number of hydrogen-bond acceptors (Lipinski definition) is 5. The average Bonchev–Trinajstić information content (AvgIpc) is 2.69. The molecule has 1 saturated heterocycles. The zero-order chi connectivity index (χ0) is 18.3. The molecule has 1 unspecified atom stereocenters. The molecule has 0 spiro atoms. The molecule has 7 heteroatoms. The van der Waals surface area contributed by atoms with Crippen molar-refractivity contribution in [2.75, 3.05) is 19.7 Å². The predicted molar refractivity (Wildman–Crippen MR) is 95.8 cm³/mol. The van der Waals surface area contributed by atoms with E-state index in [1.54, 1.807) is 0 Å². The van der Waals surface area contributed by atoms with Crippen LogP contribution in [0, 0.1) is 5.92 Å². The Morgan fingerprint density at radius 2 is 2.08 bits per heavy atom. The monoisotopic (exact) mass is 358 g/mol. The van der Waals surface area contributed by atoms with Crippen molar-refractivity contribution in [3.05, 3.63) is 0 Å². The van der Waals surface area contributed by atoms with Gasteiger partial charge in [0.1, 0.15) is 0 Å². The first kappa shape index (κ1) is 21.0. The second kappa shape index (κ2) is 9.42. The Morgan fingerprint density at radius 1 is 1.42 bits per heavy atom. The number of likely N-dealkylation sites (tertiary alicyclic amines) is 1. The average molecular weight is 359 g/mol. The van der Waals surface area contributed by atoms with Gasteiger partial charge in [-0.25, -0.2) is 0 Å². The Balaban J connectivity index is 2.22. The Labute approximate surface area is 150 Å². The molecule has 1 N–H and O–H groups in total. The SMILES string of the molecule is CC(C)CCOC(C)(C)CCNC(=O)CCN1C(=O)CC(S)C1=O. The van der Waals surface area contributed by atoms with E-state index in [0.29, 0.717) is 25.5 Å². The molecule has 0 bridgehead atoms. The van der Waals surface area contributed by atoms with Crippen molar-refractivity contribution in [1.29, 1.82) is 0 Å². The minimum atomic E-state index is -0.565. The molecule has 6 nitrogen and oxygen atoms in total. The van der Waals surface area contributed by atoms with Crippen LogP contribution >= 0.6 is 12.6 Å². The maximum atomic E-state index is 11.9. The molecule has 0 aromatic heterocycles. The van der Waals surface area contributed by atoms with Crippen LogP contribution in [0.15, 0.2) is 0 Å². The number of ether oxygens (including phenoxy) is 1. The topological polar surface area (TPSA) is 75.7 Å². The molecule has 138 valence electrons. The van der Waals surface area contributed by atoms with Crippen LogP contribution in [0.5, 0.6) is 0 Å². The Bertz CT molecular complexity index is 466. The number of hydrogen-bond donors (Lipinski definition) is 2. The number of rotatable bonds is 10. The molecule has 1 aliphatic heterocycles. The number of amides is 3. The van der Waals surface area contributed by atoms with E-state index in [2.05, 4.69) is 31.8 Å². The minimum Gasteiger partial charge on any atom is -0.375 e. The largest absolute Gasteiger partial charge is 0.375 e. The van der Waals surface area contributed by atoms with Crippen LogP contribution in [0.2, 0.25) is 0 Å². The van der Waals surface area contributed by atoms with Gasteiger partial charge >= 0.3 is 0 Å². The Kier molecular flexibility index (Phi) is 8.22. The molecule has 0 saturated carbocycles. The van der Waals surface area contributed by atoms with Gasteiger partial charge in [-0.1, -0.05) is 13.8 Å². The highest BCUT2D eigenvalue weighted by Crippen LogP contribution is 2.18. The number of carbonyl (C=O) groups is 3. The first-order valence-corrected chi connectivity index (χ1v) is 9.07. The van der Waals surface area contributed by atoms with Gasteiger partial charge in [0.05, 0.1) is 10.9 Å². The summed E-state index contributed by atoms with van der Waals surface area (Å²) in [6.45, 7) is 9.66. The number of nitrogens with zero attached hydrogens (tertiary/aromatic N) is 1. The molecule has 1 atom stereocenters. The molecular weight excluding hydrogens is 328 g/mol. The lowest BCUT2D eigenvalue weighted by atomic mass is 10.0. The van der Waals surface area contributed by atoms with Crippen molar-refractivity contribution >= 4 is 30.4 Å². The third-order valence-electron chi connectivity index (χ3n) is 4.02. The van der Waals surface area contributed by atoms with Gasteiger partial charge in [0, 0.05) is 32.5 Å². The summed E-state index contributed by atoms with van der Waals surface area (Å²) < 4.78 is 5.85. The molecule has 3 amide bonds. The van der Waals surface area contributed by atoms with Gasteiger partial charge in [0.25, 0.3) is 0 Å². The number of thiol groups is 1. The van der Waals surface area contributed by atoms with E-state index in [4.69, 9.17) is 4.74 Å². The van der Waals surface area contributed by atoms with E-state index in [9.17, 15) is 14.4 Å². The molecular formula is C17H30N2O4S. The number of imide groups is 1. The van der Waals surface area contributed by atoms with Gasteiger partial charge < -0.3 is 10.1 Å². The van der Waals surface area contributed by atoms with Crippen molar-refractivity contribution in [2.24, 2.45) is 5.92 Å². The van der Waals surface area contributed by atoms with Crippen LogP contribution < -0.4 is 5.32 Å². The molecule has 0 aliphatic carbocycles. The summed E-state index contributed by atoms with van der Waals surface area (Å²) in [6, 6.07) is 0. The summed E-state index contributed by atoms with van der Waals surface area (Å²) in [5.41, 5.74) is -0.289. The fourth-order valence-corrected chi connectivity index (χ4v) is 2.64. The third-order valence-corrected chi connectivity index (χ3v) is 4.42. The van der Waals surface area contributed by atoms with Gasteiger partial charge in [-0.2, -0.15) is 12.6 Å². The highest BCUT2D eigenvalue weighted by molar-refractivity contribution is 7.81. The normalized spacial score (nSPS) is 18.6. The quantitative estimate of drug-likeness (QED) is 0.461. The number of carbonyl (C=O) groups excluding carboxylic acids is 3. The highest BCUT2D eigenvalue weighted by atomic mass is 32.1. The smallest absolute Gasteiger partial charge is 0.242 e. The lowest BCUT2D eigenvalue weighted by molar-refractivity contribution is -0.138. The van der Waals surface area contributed by atoms with Crippen molar-refractivity contribution in [1.82, 2.24) is 10.2 Å². The second-order valence-electron chi connectivity index (χ2n) is 7.24. The van der Waals surface area contributed by atoms with Gasteiger partial charge in [0.15, 0.2) is 0 Å². The lowest BCUT2D eigenvalue weighted by Gasteiger charge is -2.26. The summed E-state index contributed by atoms with van der Waals surface area (Å²) in [7, 11) is 0. The summed E-state index contributed by atoms with van der Waals surface area (Å²) >= 11 is 4.05. The van der Waals surface area contributed by atoms with E-state index in [-0.39, 0.29) is 42.7 Å². The van der Waals surface area contributed by atoms with Crippen LogP contribution in [0.3, 0.4) is 0 Å². The van der Waals surface area contributed by atoms with Gasteiger partial charge in [-0.05, 0) is 32.6 Å².